The summed E-state index contributed by atoms with van der Waals surface area (Å²) in [4.78, 5) is 5.43. The van der Waals surface area contributed by atoms with Gasteiger partial charge >= 0.3 is 0 Å². The van der Waals surface area contributed by atoms with Crippen molar-refractivity contribution in [1.29, 1.82) is 0 Å². The van der Waals surface area contributed by atoms with E-state index in [1.54, 1.807) is 0 Å². The van der Waals surface area contributed by atoms with Gasteiger partial charge in [0.1, 0.15) is 0 Å². The molecule has 1 heterocycles. The lowest BCUT2D eigenvalue weighted by atomic mass is 9.77. The maximum absolute atomic E-state index is 5.68. The Hall–Kier alpha value is -0.120. The van der Waals surface area contributed by atoms with Crippen molar-refractivity contribution < 1.29 is 4.74 Å². The zero-order valence-electron chi connectivity index (χ0n) is 27.7. The molecule has 212 valence electrons. The van der Waals surface area contributed by atoms with Gasteiger partial charge in [0, 0.05) is 32.3 Å². The Morgan fingerprint density at radius 3 is 1.50 bits per heavy atom. The predicted octanol–water partition coefficient (Wildman–Crippen LogP) is 9.55. The molecule has 0 aromatic carbocycles. The molecule has 0 amide bonds. The van der Waals surface area contributed by atoms with Crippen LogP contribution in [0.15, 0.2) is 0 Å². The minimum absolute atomic E-state index is 0.0465. The molecule has 0 atom stereocenters. The van der Waals surface area contributed by atoms with Crippen LogP contribution in [0.1, 0.15) is 143 Å². The third kappa shape index (κ3) is 19.1. The molecule has 0 spiro atoms. The van der Waals surface area contributed by atoms with E-state index in [1.807, 2.05) is 62.5 Å². The summed E-state index contributed by atoms with van der Waals surface area (Å²) in [5.74, 6) is 0. The monoisotopic (exact) mass is 489 g/mol. The van der Waals surface area contributed by atoms with Crippen LogP contribution in [-0.4, -0.2) is 60.8 Å². The van der Waals surface area contributed by atoms with E-state index < -0.39 is 0 Å². The number of methoxy groups -OCH3 is 1. The fourth-order valence-electron chi connectivity index (χ4n) is 5.03. The Kier molecular flexibility index (Phi) is 25.4. The van der Waals surface area contributed by atoms with Gasteiger partial charge in [0.25, 0.3) is 0 Å². The van der Waals surface area contributed by atoms with Gasteiger partial charge in [0.05, 0.1) is 5.60 Å². The smallest absolute Gasteiger partial charge is 0.0628 e. The molecule has 3 nitrogen and oxygen atoms in total. The molecule has 0 saturated carbocycles. The summed E-state index contributed by atoms with van der Waals surface area (Å²) in [6.45, 7) is 43.2. The Morgan fingerprint density at radius 1 is 0.618 bits per heavy atom. The molecule has 0 aliphatic carbocycles. The lowest BCUT2D eigenvalue weighted by Crippen LogP contribution is -2.48. The summed E-state index contributed by atoms with van der Waals surface area (Å²) in [6, 6.07) is 0. The van der Waals surface area contributed by atoms with Gasteiger partial charge in [0.2, 0.25) is 0 Å². The first kappa shape index (κ1) is 41.0. The molecule has 0 N–H and O–H groups in total. The first-order valence-corrected chi connectivity index (χ1v) is 14.7. The predicted molar refractivity (Wildman–Crippen MR) is 160 cm³/mol. The molecule has 1 rings (SSSR count). The molecule has 1 saturated heterocycles. The number of ether oxygens (including phenoxy) is 1. The van der Waals surface area contributed by atoms with Crippen molar-refractivity contribution in [3.63, 3.8) is 0 Å². The SMILES string of the molecule is CC.CC.CC.CC.CCC(C)(C)CC(C)(C)N1CCCN(CC(C)(C)CC(C)(C)OC)CC1. The van der Waals surface area contributed by atoms with Gasteiger partial charge in [-0.05, 0) is 70.9 Å². The van der Waals surface area contributed by atoms with Crippen molar-refractivity contribution in [3.8, 4) is 0 Å². The Balaban J connectivity index is -0.000000506. The van der Waals surface area contributed by atoms with E-state index in [4.69, 9.17) is 4.74 Å². The lowest BCUT2D eigenvalue weighted by Gasteiger charge is -2.43. The third-order valence-corrected chi connectivity index (χ3v) is 6.42. The van der Waals surface area contributed by atoms with Crippen LogP contribution in [0, 0.1) is 10.8 Å². The van der Waals surface area contributed by atoms with Crippen molar-refractivity contribution in [2.75, 3.05) is 39.8 Å². The molecular weight excluding hydrogens is 416 g/mol. The van der Waals surface area contributed by atoms with Gasteiger partial charge < -0.3 is 9.64 Å². The molecule has 34 heavy (non-hydrogen) atoms. The zero-order chi connectivity index (χ0) is 28.2. The first-order valence-electron chi connectivity index (χ1n) is 14.7. The summed E-state index contributed by atoms with van der Waals surface area (Å²) in [5, 5.41) is 0. The maximum atomic E-state index is 5.68. The van der Waals surface area contributed by atoms with Gasteiger partial charge in [0.15, 0.2) is 0 Å². The van der Waals surface area contributed by atoms with Crippen molar-refractivity contribution >= 4 is 0 Å². The average molecular weight is 489 g/mol. The summed E-state index contributed by atoms with van der Waals surface area (Å²) < 4.78 is 5.68. The van der Waals surface area contributed by atoms with Crippen LogP contribution < -0.4 is 0 Å². The Labute approximate surface area is 219 Å². The van der Waals surface area contributed by atoms with E-state index in [2.05, 4.69) is 72.1 Å². The van der Waals surface area contributed by atoms with Crippen LogP contribution in [0.2, 0.25) is 0 Å². The zero-order valence-corrected chi connectivity index (χ0v) is 27.7. The van der Waals surface area contributed by atoms with Crippen molar-refractivity contribution in [2.45, 2.75) is 155 Å². The van der Waals surface area contributed by atoms with Crippen molar-refractivity contribution in [2.24, 2.45) is 10.8 Å². The molecule has 0 unspecified atom stereocenters. The first-order chi connectivity index (χ1) is 15.7. The van der Waals surface area contributed by atoms with E-state index in [9.17, 15) is 0 Å². The summed E-state index contributed by atoms with van der Waals surface area (Å²) in [6.07, 6.45) is 4.89. The highest BCUT2D eigenvalue weighted by atomic mass is 16.5. The van der Waals surface area contributed by atoms with Crippen LogP contribution in [0.5, 0.6) is 0 Å². The van der Waals surface area contributed by atoms with Gasteiger partial charge in [-0.1, -0.05) is 96.4 Å². The van der Waals surface area contributed by atoms with Crippen molar-refractivity contribution in [1.82, 2.24) is 9.80 Å². The number of nitrogens with zero attached hydrogens (tertiary/aromatic N) is 2. The molecule has 0 bridgehead atoms. The van der Waals surface area contributed by atoms with E-state index in [-0.39, 0.29) is 16.6 Å². The third-order valence-electron chi connectivity index (χ3n) is 6.42. The highest BCUT2D eigenvalue weighted by molar-refractivity contribution is 4.90. The molecule has 1 fully saturated rings. The quantitative estimate of drug-likeness (QED) is 0.321. The van der Waals surface area contributed by atoms with Crippen molar-refractivity contribution in [3.05, 3.63) is 0 Å². The van der Waals surface area contributed by atoms with Crippen LogP contribution in [0.25, 0.3) is 0 Å². The molecule has 1 aliphatic rings. The molecule has 0 radical (unpaired) electrons. The van der Waals surface area contributed by atoms with Crippen LogP contribution in [0.3, 0.4) is 0 Å². The largest absolute Gasteiger partial charge is 0.379 e. The Bertz CT molecular complexity index is 427. The van der Waals surface area contributed by atoms with Crippen LogP contribution in [-0.2, 0) is 4.74 Å². The van der Waals surface area contributed by atoms with Crippen LogP contribution >= 0.6 is 0 Å². The topological polar surface area (TPSA) is 15.7 Å². The summed E-state index contributed by atoms with van der Waals surface area (Å²) >= 11 is 0. The maximum Gasteiger partial charge on any atom is 0.0628 e. The van der Waals surface area contributed by atoms with E-state index in [1.165, 1.54) is 45.4 Å². The van der Waals surface area contributed by atoms with Gasteiger partial charge in [-0.2, -0.15) is 0 Å². The Morgan fingerprint density at radius 2 is 1.09 bits per heavy atom. The molecule has 3 heteroatoms. The fraction of sp³-hybridized carbons (Fsp3) is 1.00. The van der Waals surface area contributed by atoms with E-state index in [0.717, 1.165) is 13.0 Å². The normalized spacial score (nSPS) is 15.7. The molecular formula is C31H72N2O. The summed E-state index contributed by atoms with van der Waals surface area (Å²) in [5.41, 5.74) is 0.926. The standard InChI is InChI=1S/C23H48N2O.4C2H6/c1-11-20(2,3)17-22(6,7)25-14-12-13-24(15-16-25)19-21(4,5)18-23(8,9)26-10;4*1-2/h11-19H2,1-10H3;4*1-2H3. The second-order valence-electron chi connectivity index (χ2n) is 11.4. The minimum atomic E-state index is -0.0465. The van der Waals surface area contributed by atoms with Gasteiger partial charge in [-0.25, -0.2) is 0 Å². The highest BCUT2D eigenvalue weighted by Gasteiger charge is 2.35. The number of hydrogen-bond acceptors (Lipinski definition) is 3. The van der Waals surface area contributed by atoms with Gasteiger partial charge in [-0.15, -0.1) is 0 Å². The average Bonchev–Trinajstić information content (AvgIpc) is 3.03. The highest BCUT2D eigenvalue weighted by Crippen LogP contribution is 2.35. The molecule has 0 aromatic rings. The van der Waals surface area contributed by atoms with Gasteiger partial charge in [-0.3, -0.25) is 4.90 Å². The molecule has 1 aliphatic heterocycles. The second kappa shape index (κ2) is 21.0. The fourth-order valence-corrected chi connectivity index (χ4v) is 5.03. The van der Waals surface area contributed by atoms with Crippen LogP contribution in [0.4, 0.5) is 0 Å². The summed E-state index contributed by atoms with van der Waals surface area (Å²) in [7, 11) is 1.83. The molecule has 0 aromatic heterocycles. The second-order valence-corrected chi connectivity index (χ2v) is 11.4. The lowest BCUT2D eigenvalue weighted by molar-refractivity contribution is -0.0201. The number of hydrogen-bond donors (Lipinski definition) is 0. The minimum Gasteiger partial charge on any atom is -0.379 e. The van der Waals surface area contributed by atoms with E-state index >= 15 is 0 Å². The van der Waals surface area contributed by atoms with E-state index in [0.29, 0.717) is 5.41 Å². The number of rotatable bonds is 9.